The molecule has 0 rings (SSSR count). The Hall–Kier alpha value is 0.797. The Balaban J connectivity index is 4.08. The molecule has 0 fully saturated rings. The predicted octanol–water partition coefficient (Wildman–Crippen LogP) is 3.81. The van der Waals surface area contributed by atoms with E-state index in [1.807, 2.05) is 0 Å². The van der Waals surface area contributed by atoms with E-state index in [0.717, 1.165) is 0 Å². The lowest BCUT2D eigenvalue weighted by Crippen LogP contribution is -2.33. The Morgan fingerprint density at radius 2 is 1.45 bits per heavy atom. The maximum absolute atomic E-state index is 5.85. The fourth-order valence-corrected chi connectivity index (χ4v) is 5.01. The Morgan fingerprint density at radius 1 is 1.09 bits per heavy atom. The highest BCUT2D eigenvalue weighted by atomic mass is 35.5. The van der Waals surface area contributed by atoms with E-state index >= 15 is 0 Å². The van der Waals surface area contributed by atoms with E-state index in [9.17, 15) is 0 Å². The fraction of sp³-hybridized carbons (Fsp3) is 1.00. The third-order valence-electron chi connectivity index (χ3n) is 1.60. The molecule has 0 atom stereocenters. The quantitative estimate of drug-likeness (QED) is 0.492. The molecule has 0 spiro atoms. The summed E-state index contributed by atoms with van der Waals surface area (Å²) in [7, 11) is -1.00. The molecule has 0 aliphatic rings. The molecule has 0 aromatic rings. The van der Waals surface area contributed by atoms with Crippen molar-refractivity contribution in [2.45, 2.75) is 32.6 Å². The summed E-state index contributed by atoms with van der Waals surface area (Å²) in [4.78, 5) is 0. The zero-order valence-corrected chi connectivity index (χ0v) is 10.4. The highest BCUT2D eigenvalue weighted by Crippen LogP contribution is 2.31. The fourth-order valence-electron chi connectivity index (χ4n) is 1.41. The highest BCUT2D eigenvalue weighted by molar-refractivity contribution is 6.76. The van der Waals surface area contributed by atoms with Crippen LogP contribution in [-0.2, 0) is 0 Å². The molecule has 68 valence electrons. The summed E-state index contributed by atoms with van der Waals surface area (Å²) in [5.41, 5.74) is 0.160. The Bertz CT molecular complexity index is 114. The average molecular weight is 213 g/mol. The van der Waals surface area contributed by atoms with Crippen molar-refractivity contribution in [3.8, 4) is 0 Å². The van der Waals surface area contributed by atoms with Crippen LogP contribution in [0.15, 0.2) is 0 Å². The maximum Gasteiger partial charge on any atom is 0.0448 e. The summed E-state index contributed by atoms with van der Waals surface area (Å²) >= 11 is 11.7. The minimum Gasteiger partial charge on any atom is -0.126 e. The Kier molecular flexibility index (Phi) is 4.45. The van der Waals surface area contributed by atoms with Crippen LogP contribution in [0.4, 0.5) is 0 Å². The summed E-state index contributed by atoms with van der Waals surface area (Å²) in [6.45, 7) is 9.23. The van der Waals surface area contributed by atoms with Crippen LogP contribution in [0.3, 0.4) is 0 Å². The van der Waals surface area contributed by atoms with Crippen LogP contribution < -0.4 is 0 Å². The maximum atomic E-state index is 5.85. The van der Waals surface area contributed by atoms with Crippen LogP contribution in [0, 0.1) is 5.41 Å². The Morgan fingerprint density at radius 3 is 1.55 bits per heavy atom. The first-order valence-electron chi connectivity index (χ1n) is 3.95. The third kappa shape index (κ3) is 5.10. The van der Waals surface area contributed by atoms with E-state index in [-0.39, 0.29) is 5.41 Å². The molecule has 0 aromatic carbocycles. The molecular formula is C8H18Cl2Si. The monoisotopic (exact) mass is 212 g/mol. The van der Waals surface area contributed by atoms with Crippen molar-refractivity contribution >= 4 is 31.3 Å². The summed E-state index contributed by atoms with van der Waals surface area (Å²) in [5, 5.41) is 0. The van der Waals surface area contributed by atoms with Crippen molar-refractivity contribution in [2.24, 2.45) is 5.41 Å². The molecule has 0 unspecified atom stereocenters. The SMILES string of the molecule is CC(CCl)(CCl)C[Si](C)(C)C. The zero-order valence-electron chi connectivity index (χ0n) is 7.88. The first-order valence-corrected chi connectivity index (χ1v) is 8.72. The van der Waals surface area contributed by atoms with Crippen molar-refractivity contribution in [3.05, 3.63) is 0 Å². The molecule has 0 saturated carbocycles. The second-order valence-corrected chi connectivity index (χ2v) is 10.8. The highest BCUT2D eigenvalue weighted by Gasteiger charge is 2.29. The van der Waals surface area contributed by atoms with Gasteiger partial charge in [-0.15, -0.1) is 23.2 Å². The number of hydrogen-bond donors (Lipinski definition) is 0. The molecule has 0 aliphatic heterocycles. The lowest BCUT2D eigenvalue weighted by atomic mass is 9.99. The van der Waals surface area contributed by atoms with E-state index in [4.69, 9.17) is 23.2 Å². The minimum absolute atomic E-state index is 0.160. The lowest BCUT2D eigenvalue weighted by Gasteiger charge is -2.31. The largest absolute Gasteiger partial charge is 0.126 e. The molecule has 0 aliphatic carbocycles. The van der Waals surface area contributed by atoms with Crippen molar-refractivity contribution in [2.75, 3.05) is 11.8 Å². The summed E-state index contributed by atoms with van der Waals surface area (Å²) in [6.07, 6.45) is 0. The second-order valence-electron chi connectivity index (χ2n) is 4.82. The van der Waals surface area contributed by atoms with Gasteiger partial charge in [-0.3, -0.25) is 0 Å². The third-order valence-corrected chi connectivity index (χ3v) is 4.81. The van der Waals surface area contributed by atoms with Gasteiger partial charge >= 0.3 is 0 Å². The molecule has 0 bridgehead atoms. The normalized spacial score (nSPS) is 13.6. The summed E-state index contributed by atoms with van der Waals surface area (Å²) in [5.74, 6) is 1.36. The molecule has 0 aromatic heterocycles. The van der Waals surface area contributed by atoms with E-state index < -0.39 is 8.07 Å². The van der Waals surface area contributed by atoms with Gasteiger partial charge in [0, 0.05) is 19.8 Å². The van der Waals surface area contributed by atoms with Crippen molar-refractivity contribution in [1.82, 2.24) is 0 Å². The number of halogens is 2. The molecule has 0 heterocycles. The van der Waals surface area contributed by atoms with Gasteiger partial charge in [-0.25, -0.2) is 0 Å². The van der Waals surface area contributed by atoms with Gasteiger partial charge in [0.15, 0.2) is 0 Å². The van der Waals surface area contributed by atoms with Crippen LogP contribution >= 0.6 is 23.2 Å². The van der Waals surface area contributed by atoms with Crippen molar-refractivity contribution in [1.29, 1.82) is 0 Å². The van der Waals surface area contributed by atoms with Gasteiger partial charge in [0.2, 0.25) is 0 Å². The molecule has 0 amide bonds. The van der Waals surface area contributed by atoms with E-state index in [0.29, 0.717) is 11.8 Å². The van der Waals surface area contributed by atoms with Gasteiger partial charge in [-0.05, 0) is 11.5 Å². The smallest absolute Gasteiger partial charge is 0.0448 e. The molecule has 0 saturated heterocycles. The number of hydrogen-bond acceptors (Lipinski definition) is 0. The standard InChI is InChI=1S/C8H18Cl2Si/c1-8(5-9,6-10)7-11(2,3)4/h5-7H2,1-4H3. The molecule has 0 N–H and O–H groups in total. The number of rotatable bonds is 4. The minimum atomic E-state index is -1.00. The predicted molar refractivity (Wildman–Crippen MR) is 57.7 cm³/mol. The Labute approximate surface area is 81.3 Å². The summed E-state index contributed by atoms with van der Waals surface area (Å²) in [6, 6.07) is 1.22. The van der Waals surface area contributed by atoms with Crippen LogP contribution in [0.1, 0.15) is 6.92 Å². The second kappa shape index (κ2) is 4.15. The topological polar surface area (TPSA) is 0 Å². The summed E-state index contributed by atoms with van der Waals surface area (Å²) < 4.78 is 0. The van der Waals surface area contributed by atoms with Crippen LogP contribution in [0.25, 0.3) is 0 Å². The van der Waals surface area contributed by atoms with Crippen molar-refractivity contribution in [3.63, 3.8) is 0 Å². The first kappa shape index (κ1) is 11.8. The van der Waals surface area contributed by atoms with Crippen LogP contribution in [-0.4, -0.2) is 19.8 Å². The molecular weight excluding hydrogens is 195 g/mol. The van der Waals surface area contributed by atoms with Gasteiger partial charge in [0.25, 0.3) is 0 Å². The van der Waals surface area contributed by atoms with E-state index in [1.165, 1.54) is 6.04 Å². The van der Waals surface area contributed by atoms with Gasteiger partial charge < -0.3 is 0 Å². The lowest BCUT2D eigenvalue weighted by molar-refractivity contribution is 0.476. The van der Waals surface area contributed by atoms with Crippen molar-refractivity contribution < 1.29 is 0 Å². The zero-order chi connectivity index (χ0) is 9.12. The van der Waals surface area contributed by atoms with Gasteiger partial charge in [-0.2, -0.15) is 0 Å². The van der Waals surface area contributed by atoms with Gasteiger partial charge in [0.1, 0.15) is 0 Å². The van der Waals surface area contributed by atoms with Crippen LogP contribution in [0.5, 0.6) is 0 Å². The van der Waals surface area contributed by atoms with Gasteiger partial charge in [-0.1, -0.05) is 26.6 Å². The molecule has 11 heavy (non-hydrogen) atoms. The molecule has 0 nitrogen and oxygen atoms in total. The molecule has 0 radical (unpaired) electrons. The van der Waals surface area contributed by atoms with E-state index in [1.54, 1.807) is 0 Å². The first-order chi connectivity index (χ1) is 4.83. The number of alkyl halides is 2. The average Bonchev–Trinajstić information content (AvgIpc) is 1.84. The molecule has 3 heteroatoms. The van der Waals surface area contributed by atoms with E-state index in [2.05, 4.69) is 26.6 Å². The van der Waals surface area contributed by atoms with Gasteiger partial charge in [0.05, 0.1) is 0 Å². The van der Waals surface area contributed by atoms with Crippen LogP contribution in [0.2, 0.25) is 25.7 Å².